The van der Waals surface area contributed by atoms with Crippen molar-refractivity contribution in [1.29, 1.82) is 0 Å². The van der Waals surface area contributed by atoms with Gasteiger partial charge in [-0.3, -0.25) is 29.3 Å². The number of rotatable bonds is 24. The third-order valence-corrected chi connectivity index (χ3v) is 16.0. The van der Waals surface area contributed by atoms with E-state index < -0.39 is 28.8 Å². The molecule has 3 aromatic heterocycles. The number of thiazole rings is 1. The average molecular weight is 1130 g/mol. The summed E-state index contributed by atoms with van der Waals surface area (Å²) in [6.07, 6.45) is 11.9. The Labute approximate surface area is 483 Å². The first-order chi connectivity index (χ1) is 39.7. The van der Waals surface area contributed by atoms with Crippen molar-refractivity contribution in [3.8, 4) is 33.3 Å². The number of unbranched alkanes of at least 4 members (excludes halogenated alkanes) is 2. The van der Waals surface area contributed by atoms with Crippen LogP contribution in [0, 0.1) is 12.3 Å². The van der Waals surface area contributed by atoms with Crippen LogP contribution in [0.2, 0.25) is 0 Å². The summed E-state index contributed by atoms with van der Waals surface area (Å²) in [6, 6.07) is 24.4. The highest BCUT2D eigenvalue weighted by molar-refractivity contribution is 7.13. The molecule has 0 bridgehead atoms. The Morgan fingerprint density at radius 2 is 1.67 bits per heavy atom. The molecular weight excluding hydrogens is 1060 g/mol. The largest absolute Gasteiger partial charge is 0.494 e. The lowest BCUT2D eigenvalue weighted by atomic mass is 9.86. The minimum Gasteiger partial charge on any atom is -0.494 e. The molecule has 4 amide bonds. The summed E-state index contributed by atoms with van der Waals surface area (Å²) >= 11 is 1.59. The second-order valence-corrected chi connectivity index (χ2v) is 23.1. The number of nitrogens with one attached hydrogen (secondary N) is 3. The fourth-order valence-electron chi connectivity index (χ4n) is 10.4. The number of fused-ring (bicyclic) bond motifs is 1. The third-order valence-electron chi connectivity index (χ3n) is 15.0. The summed E-state index contributed by atoms with van der Waals surface area (Å²) < 4.78 is 23.6. The maximum absolute atomic E-state index is 13.9. The zero-order chi connectivity index (χ0) is 57.5. The number of anilines is 1. The Hall–Kier alpha value is -7.52. The molecule has 6 heterocycles. The molecule has 82 heavy (non-hydrogen) atoms. The normalized spacial score (nSPS) is 17.3. The highest BCUT2D eigenvalue weighted by Gasteiger charge is 2.41. The molecule has 19 nitrogen and oxygen atoms in total. The van der Waals surface area contributed by atoms with E-state index in [1.807, 2.05) is 106 Å². The van der Waals surface area contributed by atoms with Gasteiger partial charge in [-0.15, -0.1) is 11.3 Å². The number of ether oxygens (including phenoxy) is 4. The first-order valence-corrected chi connectivity index (χ1v) is 29.3. The van der Waals surface area contributed by atoms with Crippen LogP contribution in [0.1, 0.15) is 117 Å². The Balaban J connectivity index is 0.661. The number of carbonyl (C=O) groups excluding carboxylic acids is 4. The molecule has 432 valence electrons. The number of aryl methyl sites for hydroxylation is 1. The number of amides is 4. The van der Waals surface area contributed by atoms with Gasteiger partial charge in [0.05, 0.1) is 34.8 Å². The predicted molar refractivity (Wildman–Crippen MR) is 317 cm³/mol. The third kappa shape index (κ3) is 15.5. The molecule has 3 aliphatic rings. The fourth-order valence-corrected chi connectivity index (χ4v) is 11.2. The molecule has 3 N–H and O–H groups in total. The first-order valence-electron chi connectivity index (χ1n) is 28.5. The summed E-state index contributed by atoms with van der Waals surface area (Å²) in [4.78, 5) is 81.1. The zero-order valence-corrected chi connectivity index (χ0v) is 48.5. The molecule has 1 unspecified atom stereocenters. The highest BCUT2D eigenvalue weighted by atomic mass is 32.1. The molecule has 0 saturated carbocycles. The van der Waals surface area contributed by atoms with Crippen LogP contribution < -0.4 is 20.1 Å². The van der Waals surface area contributed by atoms with Gasteiger partial charge in [-0.2, -0.15) is 5.10 Å². The van der Waals surface area contributed by atoms with Gasteiger partial charge in [0.1, 0.15) is 29.9 Å². The molecule has 20 heteroatoms. The number of nitrogens with zero attached hydrogens (tertiary/aromatic N) is 8. The van der Waals surface area contributed by atoms with Crippen molar-refractivity contribution in [2.45, 2.75) is 110 Å². The van der Waals surface area contributed by atoms with Gasteiger partial charge in [0, 0.05) is 98.3 Å². The number of likely N-dealkylation sites (tertiary alicyclic amines) is 2. The summed E-state index contributed by atoms with van der Waals surface area (Å²) in [5.41, 5.74) is 6.80. The van der Waals surface area contributed by atoms with E-state index in [4.69, 9.17) is 23.9 Å². The van der Waals surface area contributed by atoms with Crippen molar-refractivity contribution in [2.75, 3.05) is 71.6 Å². The number of aromatic amines is 1. The summed E-state index contributed by atoms with van der Waals surface area (Å²) in [5, 5.41) is 14.5. The van der Waals surface area contributed by atoms with Gasteiger partial charge < -0.3 is 39.4 Å². The summed E-state index contributed by atoms with van der Waals surface area (Å²) in [6.45, 7) is 12.1. The number of H-pyrrole nitrogens is 1. The molecule has 0 radical (unpaired) electrons. The summed E-state index contributed by atoms with van der Waals surface area (Å²) in [7, 11) is 2.12. The molecule has 2 fully saturated rings. The van der Waals surface area contributed by atoms with Crippen LogP contribution in [-0.2, 0) is 35.9 Å². The molecule has 3 aromatic carbocycles. The van der Waals surface area contributed by atoms with Crippen molar-refractivity contribution in [3.05, 3.63) is 125 Å². The fraction of sp³-hybridized carbons (Fsp3) is 0.452. The van der Waals surface area contributed by atoms with Gasteiger partial charge in [0.25, 0.3) is 17.7 Å². The average Bonchev–Trinajstić information content (AvgIpc) is 4.32. The minimum absolute atomic E-state index is 0.108. The minimum atomic E-state index is -0.740. The Morgan fingerprint density at radius 3 is 2.45 bits per heavy atom. The van der Waals surface area contributed by atoms with E-state index in [-0.39, 0.29) is 30.1 Å². The van der Waals surface area contributed by atoms with Crippen LogP contribution in [0.25, 0.3) is 21.8 Å². The number of aromatic nitrogens is 5. The lowest BCUT2D eigenvalue weighted by molar-refractivity contribution is -0.134. The molecule has 2 saturated heterocycles. The molecule has 3 aliphatic heterocycles. The van der Waals surface area contributed by atoms with Crippen LogP contribution >= 0.6 is 11.3 Å². The van der Waals surface area contributed by atoms with Crippen molar-refractivity contribution in [1.82, 2.24) is 40.3 Å². The van der Waals surface area contributed by atoms with Gasteiger partial charge in [-0.1, -0.05) is 51.1 Å². The number of benzene rings is 3. The van der Waals surface area contributed by atoms with Gasteiger partial charge >= 0.3 is 0 Å². The van der Waals surface area contributed by atoms with E-state index in [1.165, 1.54) is 0 Å². The SMILES string of the molecule is Cc1ncsc1-c1ccc(CNC(=O)[C@@H]2CCCN2C(=O)C(=NC(=O)COCCCOCCCCCOc2ccc3c(c2)C(C=NC(=O)c2cccc(NC4(c5nc(-c6ccncc6)n[nH]5)CCN(C)CC4)c2)CCO3)C(C)(C)C)cc1. The molecule has 6 aromatic rings. The van der Waals surface area contributed by atoms with E-state index >= 15 is 0 Å². The highest BCUT2D eigenvalue weighted by Crippen LogP contribution is 2.38. The standard InChI is InChI=1S/C62H75N11O8S/c1-42-54(82-41-66-42)44-17-15-43(16-18-44)38-64-58(76)51-14-10-28-73(51)59(77)55(61(2,3)4)67-53(74)40-79-33-11-32-78-31-7-6-8-34-80-49-19-20-52-50(37-49)47(23-35-81-52)39-65-57(75)46-12-9-13-48(36-46)69-62(24-29-72(5)30-25-62)60-68-56(70-71-60)45-21-26-63-27-22-45/h9,12-13,15-22,26-27,36-37,39,41,47,51,69H,6-8,10-11,14,23-25,28-35,38,40H2,1-5H3,(H,64,76)(H,68,70,71)/t47?,51-/m0/s1. The van der Waals surface area contributed by atoms with E-state index in [1.54, 1.807) is 40.9 Å². The van der Waals surface area contributed by atoms with Gasteiger partial charge in [0.15, 0.2) is 11.6 Å². The van der Waals surface area contributed by atoms with E-state index in [9.17, 15) is 19.2 Å². The van der Waals surface area contributed by atoms with Crippen molar-refractivity contribution >= 4 is 52.6 Å². The maximum atomic E-state index is 13.9. The van der Waals surface area contributed by atoms with Gasteiger partial charge in [-0.25, -0.2) is 20.0 Å². The monoisotopic (exact) mass is 1130 g/mol. The van der Waals surface area contributed by atoms with Crippen LogP contribution in [0.15, 0.2) is 107 Å². The number of pyridine rings is 1. The molecule has 0 aliphatic carbocycles. The quantitative estimate of drug-likeness (QED) is 0.0379. The number of piperidine rings is 1. The number of carbonyl (C=O) groups is 4. The van der Waals surface area contributed by atoms with Crippen molar-refractivity contribution in [3.63, 3.8) is 0 Å². The van der Waals surface area contributed by atoms with E-state index in [0.717, 1.165) is 101 Å². The van der Waals surface area contributed by atoms with Gasteiger partial charge in [0.2, 0.25) is 5.91 Å². The second-order valence-electron chi connectivity index (χ2n) is 22.2. The molecule has 9 rings (SSSR count). The Kier molecular flexibility index (Phi) is 20.2. The summed E-state index contributed by atoms with van der Waals surface area (Å²) in [5.74, 6) is 1.22. The van der Waals surface area contributed by atoms with Crippen molar-refractivity contribution in [2.24, 2.45) is 15.4 Å². The molecule has 2 atom stereocenters. The Morgan fingerprint density at radius 1 is 0.890 bits per heavy atom. The topological polar surface area (TPSA) is 228 Å². The maximum Gasteiger partial charge on any atom is 0.276 e. The van der Waals surface area contributed by atoms with Crippen LogP contribution in [0.5, 0.6) is 11.5 Å². The van der Waals surface area contributed by atoms with E-state index in [2.05, 4.69) is 52.7 Å². The molecular formula is C62H75N11O8S. The van der Waals surface area contributed by atoms with Crippen LogP contribution in [0.4, 0.5) is 5.69 Å². The van der Waals surface area contributed by atoms with Gasteiger partial charge in [-0.05, 0) is 131 Å². The number of aliphatic imine (C=N–C) groups is 2. The zero-order valence-electron chi connectivity index (χ0n) is 47.7. The second kappa shape index (κ2) is 28.0. The van der Waals surface area contributed by atoms with Crippen LogP contribution in [0.3, 0.4) is 0 Å². The number of hydrogen-bond donors (Lipinski definition) is 3. The smallest absolute Gasteiger partial charge is 0.276 e. The predicted octanol–water partition coefficient (Wildman–Crippen LogP) is 9.40. The van der Waals surface area contributed by atoms with E-state index in [0.29, 0.717) is 83.2 Å². The van der Waals surface area contributed by atoms with Crippen LogP contribution in [-0.4, -0.2) is 143 Å². The first kappa shape index (κ1) is 59.1. The lowest BCUT2D eigenvalue weighted by Gasteiger charge is -2.40. The van der Waals surface area contributed by atoms with Crippen molar-refractivity contribution < 1.29 is 38.1 Å². The Bertz CT molecular complexity index is 3180. The number of hydrogen-bond acceptors (Lipinski definition) is 15. The molecule has 0 spiro atoms. The lowest BCUT2D eigenvalue weighted by Crippen LogP contribution is -2.50.